The molecule has 2 heteroatoms. The summed E-state index contributed by atoms with van der Waals surface area (Å²) in [5, 5.41) is 0. The molecular formula is C43H90ClN. The quantitative estimate of drug-likeness (QED) is 0.0456. The molecule has 1 nitrogen and oxygen atoms in total. The Labute approximate surface area is 294 Å². The van der Waals surface area contributed by atoms with Crippen LogP contribution in [0.4, 0.5) is 0 Å². The van der Waals surface area contributed by atoms with Crippen LogP contribution in [0.1, 0.15) is 251 Å². The van der Waals surface area contributed by atoms with Crippen LogP contribution in [0.15, 0.2) is 0 Å². The summed E-state index contributed by atoms with van der Waals surface area (Å²) in [5.74, 6) is 0. The van der Waals surface area contributed by atoms with E-state index < -0.39 is 0 Å². The lowest BCUT2D eigenvalue weighted by atomic mass is 10.0. The summed E-state index contributed by atoms with van der Waals surface area (Å²) in [4.78, 5) is 0. The highest BCUT2D eigenvalue weighted by Gasteiger charge is 2.05. The first-order valence-corrected chi connectivity index (χ1v) is 21.4. The third kappa shape index (κ3) is 46.4. The van der Waals surface area contributed by atoms with Crippen LogP contribution in [0.3, 0.4) is 0 Å². The van der Waals surface area contributed by atoms with Crippen LogP contribution >= 0.6 is 0 Å². The van der Waals surface area contributed by atoms with Gasteiger partial charge in [0.25, 0.3) is 0 Å². The molecule has 0 rings (SSSR count). The van der Waals surface area contributed by atoms with Gasteiger partial charge in [0.15, 0.2) is 0 Å². The number of hydrogen-bond donors (Lipinski definition) is 0. The molecule has 0 atom stereocenters. The van der Waals surface area contributed by atoms with Crippen molar-refractivity contribution in [3.05, 3.63) is 0 Å². The zero-order valence-corrected chi connectivity index (χ0v) is 33.2. The van der Waals surface area contributed by atoms with E-state index in [0.29, 0.717) is 0 Å². The van der Waals surface area contributed by atoms with Crippen LogP contribution in [0.5, 0.6) is 0 Å². The normalized spacial score (nSPS) is 11.7. The van der Waals surface area contributed by atoms with Crippen molar-refractivity contribution in [2.75, 3.05) is 27.7 Å². The van der Waals surface area contributed by atoms with Gasteiger partial charge in [0.1, 0.15) is 0 Å². The minimum atomic E-state index is 0. The van der Waals surface area contributed by atoms with Gasteiger partial charge < -0.3 is 16.9 Å². The highest BCUT2D eigenvalue weighted by Crippen LogP contribution is 2.17. The van der Waals surface area contributed by atoms with Crippen LogP contribution in [0, 0.1) is 0 Å². The molecule has 0 heterocycles. The van der Waals surface area contributed by atoms with Crippen molar-refractivity contribution in [1.82, 2.24) is 0 Å². The Bertz CT molecular complexity index is 499. The lowest BCUT2D eigenvalue weighted by Gasteiger charge is -2.23. The second-order valence-electron chi connectivity index (χ2n) is 16.1. The predicted molar refractivity (Wildman–Crippen MR) is 204 cm³/mol. The van der Waals surface area contributed by atoms with Gasteiger partial charge in [0, 0.05) is 0 Å². The molecular weight excluding hydrogens is 566 g/mol. The lowest BCUT2D eigenvalue weighted by Crippen LogP contribution is -3.00. The van der Waals surface area contributed by atoms with Crippen molar-refractivity contribution in [2.45, 2.75) is 251 Å². The maximum Gasteiger partial charge on any atom is 0.0780 e. The van der Waals surface area contributed by atoms with Gasteiger partial charge in [-0.3, -0.25) is 0 Å². The molecule has 0 aliphatic rings. The van der Waals surface area contributed by atoms with Crippen molar-refractivity contribution >= 4 is 0 Å². The number of rotatable bonds is 39. The summed E-state index contributed by atoms with van der Waals surface area (Å²) in [6.07, 6.45) is 56.3. The number of hydrogen-bond acceptors (Lipinski definition) is 0. The molecule has 0 N–H and O–H groups in total. The van der Waals surface area contributed by atoms with Gasteiger partial charge in [-0.15, -0.1) is 0 Å². The van der Waals surface area contributed by atoms with Crippen LogP contribution in [0.2, 0.25) is 0 Å². The largest absolute Gasteiger partial charge is 1.00 e. The maximum absolute atomic E-state index is 2.31. The molecule has 0 aliphatic carbocycles. The highest BCUT2D eigenvalue weighted by atomic mass is 35.5. The molecule has 0 saturated heterocycles. The van der Waals surface area contributed by atoms with Crippen molar-refractivity contribution in [2.24, 2.45) is 0 Å². The van der Waals surface area contributed by atoms with E-state index in [-0.39, 0.29) is 12.4 Å². The van der Waals surface area contributed by atoms with Crippen molar-refractivity contribution in [1.29, 1.82) is 0 Å². The van der Waals surface area contributed by atoms with E-state index in [1.807, 2.05) is 0 Å². The molecule has 0 spiro atoms. The monoisotopic (exact) mass is 656 g/mol. The zero-order valence-electron chi connectivity index (χ0n) is 32.4. The van der Waals surface area contributed by atoms with Crippen molar-refractivity contribution in [3.8, 4) is 0 Å². The van der Waals surface area contributed by atoms with Crippen LogP contribution in [-0.4, -0.2) is 32.2 Å². The first kappa shape index (κ1) is 47.4. The molecule has 0 saturated carbocycles. The van der Waals surface area contributed by atoms with Gasteiger partial charge >= 0.3 is 0 Å². The SMILES string of the molecule is CCCCCCCCCCCCCCCCCCCCCCCCCCCCCCCCCCCCCCCC[N+](C)(C)C.[Cl-]. The van der Waals surface area contributed by atoms with Crippen LogP contribution in [0.25, 0.3) is 0 Å². The summed E-state index contributed by atoms with van der Waals surface area (Å²) in [5.41, 5.74) is 0. The Morgan fingerprint density at radius 2 is 0.356 bits per heavy atom. The molecule has 0 aromatic rings. The van der Waals surface area contributed by atoms with E-state index >= 15 is 0 Å². The summed E-state index contributed by atoms with van der Waals surface area (Å²) in [7, 11) is 6.93. The van der Waals surface area contributed by atoms with E-state index in [2.05, 4.69) is 28.1 Å². The van der Waals surface area contributed by atoms with E-state index in [1.54, 1.807) is 0 Å². The van der Waals surface area contributed by atoms with E-state index in [4.69, 9.17) is 0 Å². The molecule has 45 heavy (non-hydrogen) atoms. The van der Waals surface area contributed by atoms with E-state index in [9.17, 15) is 0 Å². The molecule has 0 fully saturated rings. The second-order valence-corrected chi connectivity index (χ2v) is 16.1. The third-order valence-corrected chi connectivity index (χ3v) is 10.2. The molecule has 0 radical (unpaired) electrons. The second kappa shape index (κ2) is 40.4. The number of quaternary nitrogens is 1. The average molecular weight is 657 g/mol. The Morgan fingerprint density at radius 3 is 0.489 bits per heavy atom. The van der Waals surface area contributed by atoms with E-state index in [1.165, 1.54) is 251 Å². The molecule has 274 valence electrons. The minimum Gasteiger partial charge on any atom is -1.00 e. The van der Waals surface area contributed by atoms with Crippen LogP contribution < -0.4 is 12.4 Å². The van der Waals surface area contributed by atoms with E-state index in [0.717, 1.165) is 4.48 Å². The number of unbranched alkanes of at least 4 members (excludes halogenated alkanes) is 37. The standard InChI is InChI=1S/C43H90N.ClH/c1-5-6-7-8-9-10-11-12-13-14-15-16-17-18-19-20-21-22-23-24-25-26-27-28-29-30-31-32-33-34-35-36-37-38-39-40-41-42-43-44(2,3)4;/h5-43H2,1-4H3;1H/q+1;/p-1. The highest BCUT2D eigenvalue weighted by molar-refractivity contribution is 4.53. The first-order chi connectivity index (χ1) is 21.6. The van der Waals surface area contributed by atoms with Gasteiger partial charge in [-0.25, -0.2) is 0 Å². The van der Waals surface area contributed by atoms with Gasteiger partial charge in [-0.2, -0.15) is 0 Å². The van der Waals surface area contributed by atoms with Gasteiger partial charge in [0.05, 0.1) is 27.7 Å². The Morgan fingerprint density at radius 1 is 0.222 bits per heavy atom. The maximum atomic E-state index is 2.31. The first-order valence-electron chi connectivity index (χ1n) is 21.4. The molecule has 0 amide bonds. The minimum absolute atomic E-state index is 0. The van der Waals surface area contributed by atoms with Crippen molar-refractivity contribution < 1.29 is 16.9 Å². The Balaban J connectivity index is 0. The molecule has 0 unspecified atom stereocenters. The van der Waals surface area contributed by atoms with Gasteiger partial charge in [0.2, 0.25) is 0 Å². The van der Waals surface area contributed by atoms with Gasteiger partial charge in [-0.05, 0) is 12.8 Å². The number of halogens is 1. The fourth-order valence-electron chi connectivity index (χ4n) is 7.02. The Kier molecular flexibility index (Phi) is 42.6. The molecule has 0 bridgehead atoms. The third-order valence-electron chi connectivity index (χ3n) is 10.2. The number of nitrogens with zero attached hydrogens (tertiary/aromatic N) is 1. The zero-order chi connectivity index (χ0) is 32.1. The van der Waals surface area contributed by atoms with Crippen LogP contribution in [-0.2, 0) is 0 Å². The van der Waals surface area contributed by atoms with Gasteiger partial charge in [-0.1, -0.05) is 238 Å². The molecule has 0 aromatic heterocycles. The summed E-state index contributed by atoms with van der Waals surface area (Å²) < 4.78 is 1.12. The molecule has 0 aromatic carbocycles. The predicted octanol–water partition coefficient (Wildman–Crippen LogP) is 12.5. The Hall–Kier alpha value is 0.250. The van der Waals surface area contributed by atoms with Crippen molar-refractivity contribution in [3.63, 3.8) is 0 Å². The topological polar surface area (TPSA) is 0 Å². The summed E-state index contributed by atoms with van der Waals surface area (Å²) in [6, 6.07) is 0. The lowest BCUT2D eigenvalue weighted by molar-refractivity contribution is -0.870. The summed E-state index contributed by atoms with van der Waals surface area (Å²) in [6.45, 7) is 3.64. The smallest absolute Gasteiger partial charge is 0.0780 e. The summed E-state index contributed by atoms with van der Waals surface area (Å²) >= 11 is 0. The fraction of sp³-hybridized carbons (Fsp3) is 1.00. The average Bonchev–Trinajstić information content (AvgIpc) is 3.00. The fourth-order valence-corrected chi connectivity index (χ4v) is 7.02. The molecule has 0 aliphatic heterocycles.